The Morgan fingerprint density at radius 2 is 1.07 bits per heavy atom. The number of ether oxygens (including phenoxy) is 1. The molecule has 1 aromatic rings. The summed E-state index contributed by atoms with van der Waals surface area (Å²) in [5.41, 5.74) is 0. The fraction of sp³-hybridized carbons (Fsp3) is 0.917. The molecule has 0 fully saturated rings. The Hall–Kier alpha value is -1.40. The monoisotopic (exact) mass is 760 g/mol. The van der Waals surface area contributed by atoms with Crippen LogP contribution in [0, 0.1) is 0 Å². The molecule has 0 spiro atoms. The number of esters is 1. The molecule has 1 heterocycles. The maximum Gasteiger partial charge on any atom is 0.306 e. The minimum Gasteiger partial charge on any atom is -0.462 e. The zero-order chi connectivity index (χ0) is 39.3. The largest absolute Gasteiger partial charge is 0.462 e. The Kier molecular flexibility index (Phi) is 34.9. The normalized spacial score (nSPS) is 12.5. The van der Waals surface area contributed by atoms with E-state index in [9.17, 15) is 9.90 Å². The van der Waals surface area contributed by atoms with Crippen molar-refractivity contribution in [3.05, 3.63) is 18.2 Å². The summed E-state index contributed by atoms with van der Waals surface area (Å²) < 4.78 is 8.39. The van der Waals surface area contributed by atoms with Crippen molar-refractivity contribution in [3.63, 3.8) is 0 Å². The molecule has 318 valence electrons. The van der Waals surface area contributed by atoms with Crippen LogP contribution in [0.15, 0.2) is 12.4 Å². The SMILES string of the molecule is CCCCCCCCCCCCC(O)CN(CCCCCCCC(=O)OC(CCCCCCCC)CCCCCCCC)CCCn1ccnc1C(C)C. The van der Waals surface area contributed by atoms with E-state index in [1.807, 2.05) is 6.20 Å². The molecule has 0 bridgehead atoms. The first-order valence-corrected chi connectivity index (χ1v) is 24.0. The summed E-state index contributed by atoms with van der Waals surface area (Å²) in [6.07, 6.45) is 42.8. The van der Waals surface area contributed by atoms with E-state index in [1.54, 1.807) is 0 Å². The van der Waals surface area contributed by atoms with Crippen LogP contribution in [-0.4, -0.2) is 57.4 Å². The lowest BCUT2D eigenvalue weighted by molar-refractivity contribution is -0.150. The highest BCUT2D eigenvalue weighted by Gasteiger charge is 2.15. The predicted molar refractivity (Wildman–Crippen MR) is 233 cm³/mol. The van der Waals surface area contributed by atoms with Crippen LogP contribution in [0.1, 0.15) is 252 Å². The summed E-state index contributed by atoms with van der Waals surface area (Å²) in [6, 6.07) is 0. The van der Waals surface area contributed by atoms with Crippen molar-refractivity contribution in [2.24, 2.45) is 0 Å². The second-order valence-corrected chi connectivity index (χ2v) is 17.2. The first-order valence-electron chi connectivity index (χ1n) is 24.0. The van der Waals surface area contributed by atoms with Gasteiger partial charge in [-0.3, -0.25) is 4.79 Å². The van der Waals surface area contributed by atoms with Gasteiger partial charge in [0.25, 0.3) is 0 Å². The second kappa shape index (κ2) is 37.2. The number of hydrogen-bond donors (Lipinski definition) is 1. The van der Waals surface area contributed by atoms with Gasteiger partial charge in [-0.05, 0) is 64.5 Å². The van der Waals surface area contributed by atoms with Crippen molar-refractivity contribution in [3.8, 4) is 0 Å². The lowest BCUT2D eigenvalue weighted by atomic mass is 10.0. The summed E-state index contributed by atoms with van der Waals surface area (Å²) in [6.45, 7) is 15.1. The lowest BCUT2D eigenvalue weighted by Gasteiger charge is -2.25. The molecule has 6 nitrogen and oxygen atoms in total. The predicted octanol–water partition coefficient (Wildman–Crippen LogP) is 14.1. The summed E-state index contributed by atoms with van der Waals surface area (Å²) >= 11 is 0. The number of carbonyl (C=O) groups excluding carboxylic acids is 1. The van der Waals surface area contributed by atoms with Crippen molar-refractivity contribution in [1.82, 2.24) is 14.5 Å². The van der Waals surface area contributed by atoms with Crippen LogP contribution in [0.4, 0.5) is 0 Å². The van der Waals surface area contributed by atoms with E-state index in [2.05, 4.69) is 55.3 Å². The smallest absolute Gasteiger partial charge is 0.306 e. The van der Waals surface area contributed by atoms with Gasteiger partial charge in [0.1, 0.15) is 11.9 Å². The van der Waals surface area contributed by atoms with Gasteiger partial charge in [0.15, 0.2) is 0 Å². The molecule has 1 unspecified atom stereocenters. The van der Waals surface area contributed by atoms with E-state index in [0.29, 0.717) is 12.3 Å². The summed E-state index contributed by atoms with van der Waals surface area (Å²) in [7, 11) is 0. The van der Waals surface area contributed by atoms with Gasteiger partial charge < -0.3 is 19.3 Å². The topological polar surface area (TPSA) is 67.6 Å². The van der Waals surface area contributed by atoms with Crippen molar-refractivity contribution >= 4 is 5.97 Å². The number of imidazole rings is 1. The fourth-order valence-electron chi connectivity index (χ4n) is 7.97. The lowest BCUT2D eigenvalue weighted by Crippen LogP contribution is -2.34. The molecule has 6 heteroatoms. The van der Waals surface area contributed by atoms with Gasteiger partial charge in [-0.2, -0.15) is 0 Å². The third-order valence-electron chi connectivity index (χ3n) is 11.4. The number of hydrogen-bond acceptors (Lipinski definition) is 5. The molecule has 0 aliphatic carbocycles. The van der Waals surface area contributed by atoms with Crippen molar-refractivity contribution in [2.45, 2.75) is 265 Å². The highest BCUT2D eigenvalue weighted by atomic mass is 16.5. The van der Waals surface area contributed by atoms with E-state index in [4.69, 9.17) is 4.74 Å². The zero-order valence-corrected chi connectivity index (χ0v) is 36.9. The highest BCUT2D eigenvalue weighted by Crippen LogP contribution is 2.19. The standard InChI is InChI=1S/C48H93N3O3/c1-6-9-12-15-18-19-20-21-23-28-34-45(52)43-50(40-33-41-51-42-38-49-48(51)44(4)5)39-32-27-22-26-31-37-47(53)54-46(35-29-24-16-13-10-7-2)36-30-25-17-14-11-8-3/h38,42,44-46,52H,6-37,39-41,43H2,1-5H3. The van der Waals surface area contributed by atoms with Crippen molar-refractivity contribution < 1.29 is 14.6 Å². The van der Waals surface area contributed by atoms with Crippen LogP contribution in [0.25, 0.3) is 0 Å². The molecule has 0 amide bonds. The van der Waals surface area contributed by atoms with Crippen LogP contribution in [0.3, 0.4) is 0 Å². The minimum atomic E-state index is -0.240. The molecule has 0 saturated heterocycles. The number of rotatable bonds is 41. The van der Waals surface area contributed by atoms with Gasteiger partial charge in [-0.25, -0.2) is 4.98 Å². The average molecular weight is 760 g/mol. The average Bonchev–Trinajstić information content (AvgIpc) is 3.63. The molecule has 1 atom stereocenters. The summed E-state index contributed by atoms with van der Waals surface area (Å²) in [5.74, 6) is 1.62. The number of aliphatic hydroxyl groups is 1. The van der Waals surface area contributed by atoms with Crippen molar-refractivity contribution in [1.29, 1.82) is 0 Å². The van der Waals surface area contributed by atoms with Gasteiger partial charge in [0, 0.05) is 37.8 Å². The number of aromatic nitrogens is 2. The van der Waals surface area contributed by atoms with Gasteiger partial charge in [-0.1, -0.05) is 182 Å². The molecule has 54 heavy (non-hydrogen) atoms. The molecule has 0 aliphatic rings. The van der Waals surface area contributed by atoms with E-state index in [1.165, 1.54) is 141 Å². The number of unbranched alkanes of at least 4 members (excludes halogenated alkanes) is 23. The Labute approximate surface area is 336 Å². The van der Waals surface area contributed by atoms with Crippen LogP contribution in [0.5, 0.6) is 0 Å². The van der Waals surface area contributed by atoms with E-state index in [0.717, 1.165) is 89.8 Å². The molecule has 1 aromatic heterocycles. The Morgan fingerprint density at radius 3 is 1.59 bits per heavy atom. The molecular weight excluding hydrogens is 667 g/mol. The number of nitrogens with zero attached hydrogens (tertiary/aromatic N) is 3. The van der Waals surface area contributed by atoms with E-state index in [-0.39, 0.29) is 18.2 Å². The minimum absolute atomic E-state index is 0.0260. The van der Waals surface area contributed by atoms with Crippen LogP contribution < -0.4 is 0 Å². The molecule has 1 N–H and O–H groups in total. The van der Waals surface area contributed by atoms with Gasteiger partial charge >= 0.3 is 5.97 Å². The summed E-state index contributed by atoms with van der Waals surface area (Å²) in [5, 5.41) is 11.0. The molecule has 0 saturated carbocycles. The Morgan fingerprint density at radius 1 is 0.630 bits per heavy atom. The van der Waals surface area contributed by atoms with Crippen LogP contribution in [0.2, 0.25) is 0 Å². The Balaban J connectivity index is 2.40. The molecule has 0 radical (unpaired) electrons. The second-order valence-electron chi connectivity index (χ2n) is 17.2. The highest BCUT2D eigenvalue weighted by molar-refractivity contribution is 5.69. The van der Waals surface area contributed by atoms with Crippen LogP contribution in [-0.2, 0) is 16.1 Å². The molecule has 0 aromatic carbocycles. The van der Waals surface area contributed by atoms with E-state index >= 15 is 0 Å². The molecule has 0 aliphatic heterocycles. The third-order valence-corrected chi connectivity index (χ3v) is 11.4. The maximum atomic E-state index is 12.9. The van der Waals surface area contributed by atoms with Crippen LogP contribution >= 0.6 is 0 Å². The first kappa shape index (κ1) is 50.6. The number of aryl methyl sites for hydroxylation is 1. The van der Waals surface area contributed by atoms with Gasteiger partial charge in [0.2, 0.25) is 0 Å². The van der Waals surface area contributed by atoms with Gasteiger partial charge in [0.05, 0.1) is 6.10 Å². The fourth-order valence-corrected chi connectivity index (χ4v) is 7.97. The third kappa shape index (κ3) is 29.8. The van der Waals surface area contributed by atoms with Gasteiger partial charge in [-0.15, -0.1) is 0 Å². The number of carbonyl (C=O) groups is 1. The maximum absolute atomic E-state index is 12.9. The molecular formula is C48H93N3O3. The number of aliphatic hydroxyl groups excluding tert-OH is 1. The Bertz CT molecular complexity index is 918. The quantitative estimate of drug-likeness (QED) is 0.0532. The zero-order valence-electron chi connectivity index (χ0n) is 36.9. The summed E-state index contributed by atoms with van der Waals surface area (Å²) in [4.78, 5) is 19.9. The first-order chi connectivity index (χ1) is 26.4. The van der Waals surface area contributed by atoms with Crippen molar-refractivity contribution in [2.75, 3.05) is 19.6 Å². The molecule has 1 rings (SSSR count). The van der Waals surface area contributed by atoms with E-state index < -0.39 is 0 Å².